The maximum Gasteiger partial charge on any atom is 0.573 e. The van der Waals surface area contributed by atoms with E-state index in [1.807, 2.05) is 0 Å². The third-order valence-electron chi connectivity index (χ3n) is 6.40. The standard InChI is InChI=1S/C26H24F6N6O5S2/c27-25(28,29)18-3-7-21(8-4-18)45(41,42)38-12-11-37(24-36-19(15-44-24)13-34-35-16-39)14-22(38)23(40)33-10-9-17-1-5-20(6-2-17)43-26(30,31)32/h1-8,13,15-16,22H,9-12,14H2,(H,33,40)(H,35,39)/b34-13-/t22-/m1/s1. The van der Waals surface area contributed by atoms with E-state index in [9.17, 15) is 44.3 Å². The van der Waals surface area contributed by atoms with Crippen LogP contribution in [0.4, 0.5) is 31.5 Å². The second kappa shape index (κ2) is 13.8. The molecule has 0 saturated carbocycles. The number of nitrogens with one attached hydrogen (secondary N) is 2. The normalized spacial score (nSPS) is 16.5. The van der Waals surface area contributed by atoms with Crippen molar-refractivity contribution >= 4 is 45.0 Å². The van der Waals surface area contributed by atoms with Gasteiger partial charge < -0.3 is 15.0 Å². The third kappa shape index (κ3) is 8.92. The molecular weight excluding hydrogens is 654 g/mol. The van der Waals surface area contributed by atoms with Crippen molar-refractivity contribution in [2.75, 3.05) is 31.1 Å². The summed E-state index contributed by atoms with van der Waals surface area (Å²) in [6, 6.07) is 6.59. The number of hydrogen-bond acceptors (Lipinski definition) is 9. The number of rotatable bonds is 11. The zero-order chi connectivity index (χ0) is 32.8. The molecule has 0 bridgehead atoms. The Labute approximate surface area is 256 Å². The van der Waals surface area contributed by atoms with Crippen molar-refractivity contribution < 1.29 is 49.1 Å². The molecule has 1 aromatic heterocycles. The predicted molar refractivity (Wildman–Crippen MR) is 150 cm³/mol. The van der Waals surface area contributed by atoms with Gasteiger partial charge in [0.05, 0.1) is 22.4 Å². The molecule has 2 amide bonds. The van der Waals surface area contributed by atoms with E-state index in [0.717, 1.165) is 28.6 Å². The van der Waals surface area contributed by atoms with E-state index in [1.54, 1.807) is 10.3 Å². The average molecular weight is 679 g/mol. The van der Waals surface area contributed by atoms with Crippen molar-refractivity contribution in [3.8, 4) is 5.75 Å². The molecule has 1 aliphatic heterocycles. The van der Waals surface area contributed by atoms with Crippen molar-refractivity contribution in [2.24, 2.45) is 5.10 Å². The number of carbonyl (C=O) groups excluding carboxylic acids is 2. The average Bonchev–Trinajstić information content (AvgIpc) is 3.46. The summed E-state index contributed by atoms with van der Waals surface area (Å²) in [7, 11) is -4.44. The lowest BCUT2D eigenvalue weighted by molar-refractivity contribution is -0.274. The Kier molecular flexibility index (Phi) is 10.3. The minimum Gasteiger partial charge on any atom is -0.406 e. The van der Waals surface area contributed by atoms with Gasteiger partial charge in [-0.1, -0.05) is 12.1 Å². The number of alkyl halides is 6. The maximum absolute atomic E-state index is 13.6. The summed E-state index contributed by atoms with van der Waals surface area (Å²) in [5, 5.41) is 8.33. The first-order valence-electron chi connectivity index (χ1n) is 12.9. The van der Waals surface area contributed by atoms with Crippen LogP contribution in [0.2, 0.25) is 0 Å². The highest BCUT2D eigenvalue weighted by molar-refractivity contribution is 7.89. The van der Waals surface area contributed by atoms with E-state index < -0.39 is 50.7 Å². The van der Waals surface area contributed by atoms with Gasteiger partial charge in [-0.2, -0.15) is 22.6 Å². The zero-order valence-electron chi connectivity index (χ0n) is 22.9. The van der Waals surface area contributed by atoms with E-state index in [1.165, 1.54) is 29.7 Å². The van der Waals surface area contributed by atoms with Crippen molar-refractivity contribution in [3.63, 3.8) is 0 Å². The molecule has 4 rings (SSSR count). The number of ether oxygens (including phenoxy) is 1. The molecule has 45 heavy (non-hydrogen) atoms. The van der Waals surface area contributed by atoms with E-state index in [-0.39, 0.29) is 32.6 Å². The van der Waals surface area contributed by atoms with Gasteiger partial charge in [0.2, 0.25) is 22.3 Å². The van der Waals surface area contributed by atoms with E-state index in [0.29, 0.717) is 34.9 Å². The molecule has 1 atom stereocenters. The smallest absolute Gasteiger partial charge is 0.406 e. The number of anilines is 1. The largest absolute Gasteiger partial charge is 0.573 e. The Bertz CT molecular complexity index is 1610. The van der Waals surface area contributed by atoms with Crippen LogP contribution in [0.25, 0.3) is 0 Å². The molecule has 2 N–H and O–H groups in total. The van der Waals surface area contributed by atoms with Gasteiger partial charge >= 0.3 is 12.5 Å². The fraction of sp³-hybridized carbons (Fsp3) is 0.308. The van der Waals surface area contributed by atoms with E-state index >= 15 is 0 Å². The molecule has 242 valence electrons. The van der Waals surface area contributed by atoms with Gasteiger partial charge in [0.15, 0.2) is 5.13 Å². The van der Waals surface area contributed by atoms with Crippen LogP contribution in [-0.4, -0.2) is 74.8 Å². The maximum atomic E-state index is 13.6. The molecule has 2 aromatic carbocycles. The van der Waals surface area contributed by atoms with Crippen LogP contribution in [0.5, 0.6) is 5.75 Å². The van der Waals surface area contributed by atoms with Gasteiger partial charge in [-0.25, -0.2) is 18.8 Å². The highest BCUT2D eigenvalue weighted by Crippen LogP contribution is 2.32. The SMILES string of the molecule is O=CN/N=C\c1csc(N2CCN(S(=O)(=O)c3ccc(C(F)(F)F)cc3)[C@@H](C(=O)NCCc3ccc(OC(F)(F)F)cc3)C2)n1. The number of sulfonamides is 1. The number of aromatic nitrogens is 1. The lowest BCUT2D eigenvalue weighted by Gasteiger charge is -2.39. The topological polar surface area (TPSA) is 133 Å². The van der Waals surface area contributed by atoms with Crippen LogP contribution in [-0.2, 0) is 32.2 Å². The molecule has 1 fully saturated rings. The zero-order valence-corrected chi connectivity index (χ0v) is 24.5. The van der Waals surface area contributed by atoms with Crippen LogP contribution in [0.15, 0.2) is 63.9 Å². The summed E-state index contributed by atoms with van der Waals surface area (Å²) in [5.41, 5.74) is 2.01. The number of carbonyl (C=O) groups is 2. The van der Waals surface area contributed by atoms with Gasteiger partial charge in [0.1, 0.15) is 11.8 Å². The first kappa shape index (κ1) is 33.7. The number of hydrogen-bond donors (Lipinski definition) is 2. The van der Waals surface area contributed by atoms with Crippen LogP contribution >= 0.6 is 11.3 Å². The van der Waals surface area contributed by atoms with Crippen molar-refractivity contribution in [1.82, 2.24) is 20.0 Å². The van der Waals surface area contributed by atoms with Gasteiger partial charge in [0.25, 0.3) is 0 Å². The lowest BCUT2D eigenvalue weighted by Crippen LogP contribution is -2.60. The fourth-order valence-electron chi connectivity index (χ4n) is 4.31. The van der Waals surface area contributed by atoms with Gasteiger partial charge in [0, 0.05) is 31.6 Å². The second-order valence-electron chi connectivity index (χ2n) is 9.39. The summed E-state index contributed by atoms with van der Waals surface area (Å²) in [4.78, 5) is 29.4. The van der Waals surface area contributed by atoms with Gasteiger partial charge in [-0.05, 0) is 48.4 Å². The number of halogens is 6. The molecule has 0 aliphatic carbocycles. The predicted octanol–water partition coefficient (Wildman–Crippen LogP) is 3.38. The number of hydrazone groups is 1. The highest BCUT2D eigenvalue weighted by Gasteiger charge is 2.41. The highest BCUT2D eigenvalue weighted by atomic mass is 32.2. The third-order valence-corrected chi connectivity index (χ3v) is 9.24. The molecule has 0 unspecified atom stereocenters. The summed E-state index contributed by atoms with van der Waals surface area (Å²) in [5.74, 6) is -1.13. The molecule has 0 spiro atoms. The van der Waals surface area contributed by atoms with Crippen molar-refractivity contribution in [3.05, 3.63) is 70.7 Å². The molecule has 2 heterocycles. The first-order valence-corrected chi connectivity index (χ1v) is 15.2. The number of piperazine rings is 1. The second-order valence-corrected chi connectivity index (χ2v) is 12.1. The Morgan fingerprint density at radius 1 is 1.07 bits per heavy atom. The monoisotopic (exact) mass is 678 g/mol. The minimum atomic E-state index is -4.85. The quantitative estimate of drug-likeness (QED) is 0.138. The number of amides is 2. The molecule has 1 saturated heterocycles. The minimum absolute atomic E-state index is 0.00935. The molecule has 3 aromatic rings. The summed E-state index contributed by atoms with van der Waals surface area (Å²) in [6.07, 6.45) is -7.70. The molecule has 11 nitrogen and oxygen atoms in total. The molecule has 0 radical (unpaired) electrons. The Hall–Kier alpha value is -4.23. The molecule has 1 aliphatic rings. The van der Waals surface area contributed by atoms with E-state index in [4.69, 9.17) is 0 Å². The van der Waals surface area contributed by atoms with Crippen LogP contribution in [0.1, 0.15) is 16.8 Å². The lowest BCUT2D eigenvalue weighted by atomic mass is 10.1. The van der Waals surface area contributed by atoms with Gasteiger partial charge in [-0.3, -0.25) is 9.59 Å². The van der Waals surface area contributed by atoms with Gasteiger partial charge in [-0.15, -0.1) is 24.5 Å². The van der Waals surface area contributed by atoms with Crippen molar-refractivity contribution in [1.29, 1.82) is 0 Å². The molecule has 19 heteroatoms. The Morgan fingerprint density at radius 3 is 2.38 bits per heavy atom. The number of benzene rings is 2. The van der Waals surface area contributed by atoms with Crippen LogP contribution in [0, 0.1) is 0 Å². The summed E-state index contributed by atoms with van der Waals surface area (Å²) >= 11 is 1.18. The first-order chi connectivity index (χ1) is 21.2. The summed E-state index contributed by atoms with van der Waals surface area (Å²) in [6.45, 7) is -0.291. The summed E-state index contributed by atoms with van der Waals surface area (Å²) < 4.78 is 108. The van der Waals surface area contributed by atoms with Crippen molar-refractivity contribution in [2.45, 2.75) is 29.9 Å². The van der Waals surface area contributed by atoms with E-state index in [2.05, 4.69) is 25.6 Å². The van der Waals surface area contributed by atoms with Crippen LogP contribution < -0.4 is 20.4 Å². The van der Waals surface area contributed by atoms with Crippen LogP contribution in [0.3, 0.4) is 0 Å². The fourth-order valence-corrected chi connectivity index (χ4v) is 6.70. The Morgan fingerprint density at radius 2 is 1.76 bits per heavy atom. The molecular formula is C26H24F6N6O5S2. The Balaban J connectivity index is 1.51. The number of thiazole rings is 1. The number of nitrogens with zero attached hydrogens (tertiary/aromatic N) is 4.